The maximum atomic E-state index is 13.3. The molecule has 1 aromatic carbocycles. The average Bonchev–Trinajstić information content (AvgIpc) is 2.28. The van der Waals surface area contributed by atoms with Gasteiger partial charge in [-0.2, -0.15) is 0 Å². The minimum Gasteiger partial charge on any atom is -0.496 e. The van der Waals surface area contributed by atoms with Crippen molar-refractivity contribution in [2.45, 2.75) is 19.6 Å². The number of benzene rings is 1. The van der Waals surface area contributed by atoms with Crippen LogP contribution < -0.4 is 15.0 Å². The van der Waals surface area contributed by atoms with E-state index in [1.807, 2.05) is 5.48 Å². The van der Waals surface area contributed by atoms with Gasteiger partial charge >= 0.3 is 0 Å². The SMILES string of the molecule is COc1cc(C(C)F)c(OC)cc1CNO. The van der Waals surface area contributed by atoms with Crippen LogP contribution in [0.15, 0.2) is 12.1 Å². The standard InChI is InChI=1S/C11H16FNO3/c1-7(12)9-5-10(15-2)8(6-13-14)4-11(9)16-3/h4-5,7,13-14H,6H2,1-3H3. The number of hydrogen-bond acceptors (Lipinski definition) is 4. The van der Waals surface area contributed by atoms with E-state index < -0.39 is 6.17 Å². The van der Waals surface area contributed by atoms with Crippen LogP contribution in [-0.4, -0.2) is 19.4 Å². The molecule has 0 radical (unpaired) electrons. The van der Waals surface area contributed by atoms with Crippen LogP contribution in [0.5, 0.6) is 11.5 Å². The lowest BCUT2D eigenvalue weighted by Crippen LogP contribution is -2.08. The van der Waals surface area contributed by atoms with Crippen molar-refractivity contribution in [3.63, 3.8) is 0 Å². The van der Waals surface area contributed by atoms with E-state index in [-0.39, 0.29) is 6.54 Å². The van der Waals surface area contributed by atoms with Crippen LogP contribution in [0.4, 0.5) is 4.39 Å². The zero-order valence-corrected chi connectivity index (χ0v) is 9.58. The molecule has 0 aliphatic heterocycles. The highest BCUT2D eigenvalue weighted by Crippen LogP contribution is 2.34. The summed E-state index contributed by atoms with van der Waals surface area (Å²) < 4.78 is 23.5. The highest BCUT2D eigenvalue weighted by Gasteiger charge is 2.15. The topological polar surface area (TPSA) is 50.7 Å². The Labute approximate surface area is 93.9 Å². The molecular formula is C11H16FNO3. The Bertz CT molecular complexity index is 355. The highest BCUT2D eigenvalue weighted by molar-refractivity contribution is 5.47. The molecule has 5 heteroatoms. The summed E-state index contributed by atoms with van der Waals surface area (Å²) in [5.74, 6) is 0.961. The van der Waals surface area contributed by atoms with Crippen molar-refractivity contribution in [1.29, 1.82) is 0 Å². The van der Waals surface area contributed by atoms with Crippen LogP contribution in [0.2, 0.25) is 0 Å². The first-order valence-electron chi connectivity index (χ1n) is 4.89. The monoisotopic (exact) mass is 229 g/mol. The highest BCUT2D eigenvalue weighted by atomic mass is 19.1. The first-order valence-corrected chi connectivity index (χ1v) is 4.89. The van der Waals surface area contributed by atoms with Gasteiger partial charge in [-0.1, -0.05) is 0 Å². The van der Waals surface area contributed by atoms with Crippen molar-refractivity contribution < 1.29 is 19.1 Å². The summed E-state index contributed by atoms with van der Waals surface area (Å²) in [6.45, 7) is 1.64. The third kappa shape index (κ3) is 2.62. The minimum absolute atomic E-state index is 0.209. The number of halogens is 1. The van der Waals surface area contributed by atoms with Gasteiger partial charge in [0.25, 0.3) is 0 Å². The van der Waals surface area contributed by atoms with Gasteiger partial charge in [0.2, 0.25) is 0 Å². The second kappa shape index (κ2) is 5.67. The van der Waals surface area contributed by atoms with Gasteiger partial charge in [0.05, 0.1) is 14.2 Å². The Morgan fingerprint density at radius 2 is 1.94 bits per heavy atom. The molecule has 0 saturated carbocycles. The Morgan fingerprint density at radius 3 is 2.38 bits per heavy atom. The van der Waals surface area contributed by atoms with Crippen LogP contribution in [0, 0.1) is 0 Å². The third-order valence-corrected chi connectivity index (χ3v) is 2.33. The molecule has 4 nitrogen and oxygen atoms in total. The molecule has 0 aliphatic carbocycles. The number of ether oxygens (including phenoxy) is 2. The van der Waals surface area contributed by atoms with Crippen LogP contribution in [0.25, 0.3) is 0 Å². The van der Waals surface area contributed by atoms with Crippen molar-refractivity contribution in [3.8, 4) is 11.5 Å². The van der Waals surface area contributed by atoms with E-state index in [0.29, 0.717) is 22.6 Å². The lowest BCUT2D eigenvalue weighted by atomic mass is 10.1. The van der Waals surface area contributed by atoms with E-state index in [0.717, 1.165) is 0 Å². The molecule has 0 fully saturated rings. The first kappa shape index (κ1) is 12.7. The summed E-state index contributed by atoms with van der Waals surface area (Å²) in [6, 6.07) is 3.23. The zero-order valence-electron chi connectivity index (χ0n) is 9.58. The number of methoxy groups -OCH3 is 2. The number of hydrogen-bond donors (Lipinski definition) is 2. The van der Waals surface area contributed by atoms with Crippen molar-refractivity contribution >= 4 is 0 Å². The second-order valence-corrected chi connectivity index (χ2v) is 3.36. The predicted octanol–water partition coefficient (Wildman–Crippen LogP) is 2.21. The van der Waals surface area contributed by atoms with Gasteiger partial charge in [-0.3, -0.25) is 0 Å². The van der Waals surface area contributed by atoms with Crippen molar-refractivity contribution in [2.75, 3.05) is 14.2 Å². The molecule has 0 spiro atoms. The summed E-state index contributed by atoms with van der Waals surface area (Å²) in [5.41, 5.74) is 3.16. The molecule has 1 atom stereocenters. The minimum atomic E-state index is -1.14. The molecule has 1 aromatic rings. The van der Waals surface area contributed by atoms with Gasteiger partial charge in [-0.25, -0.2) is 9.87 Å². The van der Waals surface area contributed by atoms with E-state index >= 15 is 0 Å². The van der Waals surface area contributed by atoms with Gasteiger partial charge in [-0.05, 0) is 19.1 Å². The summed E-state index contributed by atoms with van der Waals surface area (Å²) in [6.07, 6.45) is -1.14. The van der Waals surface area contributed by atoms with Crippen LogP contribution in [0.1, 0.15) is 24.2 Å². The zero-order chi connectivity index (χ0) is 12.1. The van der Waals surface area contributed by atoms with Crippen LogP contribution in [-0.2, 0) is 6.54 Å². The smallest absolute Gasteiger partial charge is 0.126 e. The molecule has 1 rings (SSSR count). The Balaban J connectivity index is 3.22. The van der Waals surface area contributed by atoms with Gasteiger partial charge in [0.15, 0.2) is 0 Å². The number of rotatable bonds is 5. The largest absolute Gasteiger partial charge is 0.496 e. The van der Waals surface area contributed by atoms with E-state index in [9.17, 15) is 4.39 Å². The molecule has 0 amide bonds. The molecule has 0 heterocycles. The predicted molar refractivity (Wildman–Crippen MR) is 57.7 cm³/mol. The molecule has 16 heavy (non-hydrogen) atoms. The van der Waals surface area contributed by atoms with Crippen molar-refractivity contribution in [1.82, 2.24) is 5.48 Å². The molecular weight excluding hydrogens is 213 g/mol. The summed E-state index contributed by atoms with van der Waals surface area (Å²) in [5, 5.41) is 8.66. The molecule has 0 aromatic heterocycles. The Morgan fingerprint density at radius 1 is 1.31 bits per heavy atom. The average molecular weight is 229 g/mol. The number of nitrogens with one attached hydrogen (secondary N) is 1. The normalized spacial score (nSPS) is 12.3. The summed E-state index contributed by atoms with van der Waals surface area (Å²) >= 11 is 0. The van der Waals surface area contributed by atoms with Crippen LogP contribution in [0.3, 0.4) is 0 Å². The molecule has 0 bridgehead atoms. The third-order valence-electron chi connectivity index (χ3n) is 2.33. The van der Waals surface area contributed by atoms with E-state index in [1.54, 1.807) is 12.1 Å². The van der Waals surface area contributed by atoms with E-state index in [4.69, 9.17) is 14.7 Å². The van der Waals surface area contributed by atoms with Crippen molar-refractivity contribution in [2.24, 2.45) is 0 Å². The summed E-state index contributed by atoms with van der Waals surface area (Å²) in [4.78, 5) is 0. The maximum absolute atomic E-state index is 13.3. The molecule has 90 valence electrons. The van der Waals surface area contributed by atoms with Crippen molar-refractivity contribution in [3.05, 3.63) is 23.3 Å². The molecule has 1 unspecified atom stereocenters. The molecule has 0 aliphatic rings. The lowest BCUT2D eigenvalue weighted by molar-refractivity contribution is 0.160. The Hall–Kier alpha value is -1.33. The van der Waals surface area contributed by atoms with Gasteiger partial charge in [0.1, 0.15) is 17.7 Å². The molecule has 0 saturated heterocycles. The Kier molecular flexibility index (Phi) is 4.52. The van der Waals surface area contributed by atoms with Gasteiger partial charge < -0.3 is 14.7 Å². The molecule has 2 N–H and O–H groups in total. The fraction of sp³-hybridized carbons (Fsp3) is 0.455. The lowest BCUT2D eigenvalue weighted by Gasteiger charge is -2.15. The number of hydroxylamine groups is 1. The fourth-order valence-corrected chi connectivity index (χ4v) is 1.52. The second-order valence-electron chi connectivity index (χ2n) is 3.36. The summed E-state index contributed by atoms with van der Waals surface area (Å²) in [7, 11) is 2.97. The quantitative estimate of drug-likeness (QED) is 0.760. The maximum Gasteiger partial charge on any atom is 0.126 e. The van der Waals surface area contributed by atoms with E-state index in [2.05, 4.69) is 0 Å². The first-order chi connectivity index (χ1) is 7.63. The van der Waals surface area contributed by atoms with Gasteiger partial charge in [-0.15, -0.1) is 0 Å². The van der Waals surface area contributed by atoms with Gasteiger partial charge in [0, 0.05) is 17.7 Å². The van der Waals surface area contributed by atoms with Crippen LogP contribution >= 0.6 is 0 Å². The van der Waals surface area contributed by atoms with E-state index in [1.165, 1.54) is 21.1 Å². The number of alkyl halides is 1. The fourth-order valence-electron chi connectivity index (χ4n) is 1.52.